The van der Waals surface area contributed by atoms with Crippen molar-refractivity contribution in [3.63, 3.8) is 0 Å². The van der Waals surface area contributed by atoms with Crippen LogP contribution in [0.5, 0.6) is 0 Å². The molecule has 0 N–H and O–H groups in total. The highest BCUT2D eigenvalue weighted by Gasteiger charge is 2.04. The van der Waals surface area contributed by atoms with Gasteiger partial charge in [0, 0.05) is 4.47 Å². The summed E-state index contributed by atoms with van der Waals surface area (Å²) in [7, 11) is 0. The monoisotopic (exact) mass is 230 g/mol. The van der Waals surface area contributed by atoms with Gasteiger partial charge in [0.05, 0.1) is 4.70 Å². The summed E-state index contributed by atoms with van der Waals surface area (Å²) in [4.78, 5) is 3.76. The zero-order chi connectivity index (χ0) is 7.84. The number of thiazole rings is 1. The maximum atomic E-state index is 13.0. The van der Waals surface area contributed by atoms with Crippen LogP contribution in [0.2, 0.25) is 0 Å². The van der Waals surface area contributed by atoms with Gasteiger partial charge in [-0.25, -0.2) is 9.37 Å². The summed E-state index contributed by atoms with van der Waals surface area (Å²) in [6.07, 6.45) is 0. The third-order valence-corrected chi connectivity index (χ3v) is 2.48. The van der Waals surface area contributed by atoms with E-state index in [1.165, 1.54) is 17.4 Å². The predicted octanol–water partition coefficient (Wildman–Crippen LogP) is 3.00. The van der Waals surface area contributed by atoms with Crippen LogP contribution < -0.4 is 0 Å². The number of hydrogen-bond acceptors (Lipinski definition) is 2. The molecule has 2 aromatic rings. The molecular formula is C7H2BrFNS. The van der Waals surface area contributed by atoms with E-state index in [1.54, 1.807) is 0 Å². The van der Waals surface area contributed by atoms with Crippen LogP contribution in [0.1, 0.15) is 0 Å². The van der Waals surface area contributed by atoms with Crippen molar-refractivity contribution in [2.24, 2.45) is 0 Å². The second kappa shape index (κ2) is 2.53. The van der Waals surface area contributed by atoms with Crippen molar-refractivity contribution in [3.8, 4) is 0 Å². The van der Waals surface area contributed by atoms with E-state index in [0.29, 0.717) is 5.52 Å². The van der Waals surface area contributed by atoms with Gasteiger partial charge < -0.3 is 0 Å². The van der Waals surface area contributed by atoms with Crippen molar-refractivity contribution in [1.82, 2.24) is 4.98 Å². The van der Waals surface area contributed by atoms with Gasteiger partial charge in [-0.1, -0.05) is 15.9 Å². The lowest BCUT2D eigenvalue weighted by molar-refractivity contribution is 0.636. The minimum absolute atomic E-state index is 0.299. The van der Waals surface area contributed by atoms with Gasteiger partial charge in [-0.3, -0.25) is 0 Å². The van der Waals surface area contributed by atoms with Gasteiger partial charge in [0.15, 0.2) is 11.3 Å². The number of nitrogens with zero attached hydrogens (tertiary/aromatic N) is 1. The quantitative estimate of drug-likeness (QED) is 0.679. The molecule has 11 heavy (non-hydrogen) atoms. The Morgan fingerprint density at radius 3 is 3.18 bits per heavy atom. The predicted molar refractivity (Wildman–Crippen MR) is 46.1 cm³/mol. The summed E-state index contributed by atoms with van der Waals surface area (Å²) in [5.74, 6) is -0.299. The highest BCUT2D eigenvalue weighted by Crippen LogP contribution is 2.24. The molecule has 0 atom stereocenters. The largest absolute Gasteiger partial charge is 0.230 e. The Balaban J connectivity index is 2.91. The highest BCUT2D eigenvalue weighted by molar-refractivity contribution is 9.10. The fourth-order valence-electron chi connectivity index (χ4n) is 0.846. The second-order valence-corrected chi connectivity index (χ2v) is 3.78. The summed E-state index contributed by atoms with van der Waals surface area (Å²) in [5, 5.41) is 0. The van der Waals surface area contributed by atoms with Crippen molar-refractivity contribution in [2.45, 2.75) is 0 Å². The Morgan fingerprint density at radius 1 is 1.55 bits per heavy atom. The second-order valence-electron chi connectivity index (χ2n) is 2.04. The van der Waals surface area contributed by atoms with Gasteiger partial charge in [-0.05, 0) is 12.1 Å². The van der Waals surface area contributed by atoms with E-state index >= 15 is 0 Å². The third kappa shape index (κ3) is 1.16. The molecule has 0 spiro atoms. The molecule has 0 aliphatic rings. The third-order valence-electron chi connectivity index (χ3n) is 1.31. The van der Waals surface area contributed by atoms with Crippen LogP contribution in [0.25, 0.3) is 10.2 Å². The molecule has 0 aliphatic heterocycles. The molecule has 1 heterocycles. The standard InChI is InChI=1S/C7H2BrFNS/c8-4-1-5(9)7-6(2-4)11-3-10-7/h1-2H. The molecule has 1 aromatic heterocycles. The molecule has 1 nitrogen and oxygen atoms in total. The van der Waals surface area contributed by atoms with Crippen LogP contribution in [0.3, 0.4) is 0 Å². The van der Waals surface area contributed by atoms with E-state index in [0.717, 1.165) is 9.17 Å². The first kappa shape index (κ1) is 7.18. The zero-order valence-corrected chi connectivity index (χ0v) is 7.67. The molecule has 0 unspecified atom stereocenters. The van der Waals surface area contributed by atoms with Crippen LogP contribution in [-0.4, -0.2) is 4.98 Å². The molecule has 0 amide bonds. The van der Waals surface area contributed by atoms with Crippen LogP contribution >= 0.6 is 27.3 Å². The van der Waals surface area contributed by atoms with E-state index in [4.69, 9.17) is 0 Å². The van der Waals surface area contributed by atoms with Crippen LogP contribution in [0, 0.1) is 11.3 Å². The lowest BCUT2D eigenvalue weighted by Gasteiger charge is -1.91. The number of benzene rings is 1. The topological polar surface area (TPSA) is 12.9 Å². The summed E-state index contributed by atoms with van der Waals surface area (Å²) in [5.41, 5.74) is 3.04. The van der Waals surface area contributed by atoms with Crippen LogP contribution in [0.4, 0.5) is 4.39 Å². The summed E-state index contributed by atoms with van der Waals surface area (Å²) in [6, 6.07) is 3.22. The number of halogens is 2. The molecule has 0 saturated heterocycles. The Morgan fingerprint density at radius 2 is 2.36 bits per heavy atom. The molecule has 0 bridgehead atoms. The van der Waals surface area contributed by atoms with Crippen LogP contribution in [-0.2, 0) is 0 Å². The fraction of sp³-hybridized carbons (Fsp3) is 0. The maximum Gasteiger partial charge on any atom is 0.153 e. The molecule has 1 radical (unpaired) electrons. The minimum atomic E-state index is -0.299. The smallest absolute Gasteiger partial charge is 0.153 e. The molecular weight excluding hydrogens is 229 g/mol. The summed E-state index contributed by atoms with van der Waals surface area (Å²) in [6.45, 7) is 0. The first-order valence-corrected chi connectivity index (χ1v) is 4.50. The van der Waals surface area contributed by atoms with Crippen LogP contribution in [0.15, 0.2) is 16.6 Å². The van der Waals surface area contributed by atoms with Gasteiger partial charge in [-0.15, -0.1) is 11.3 Å². The lowest BCUT2D eigenvalue weighted by Crippen LogP contribution is -1.76. The highest BCUT2D eigenvalue weighted by atomic mass is 79.9. The Hall–Kier alpha value is -0.480. The van der Waals surface area contributed by atoms with E-state index in [1.807, 2.05) is 6.07 Å². The molecule has 1 aromatic carbocycles. The zero-order valence-electron chi connectivity index (χ0n) is 5.27. The van der Waals surface area contributed by atoms with Gasteiger partial charge in [-0.2, -0.15) is 0 Å². The minimum Gasteiger partial charge on any atom is -0.230 e. The molecule has 0 aliphatic carbocycles. The van der Waals surface area contributed by atoms with Crippen molar-refractivity contribution >= 4 is 37.5 Å². The SMILES string of the molecule is Fc1cc(Br)cc2s[c]nc12. The van der Waals surface area contributed by atoms with Gasteiger partial charge in [0.25, 0.3) is 0 Å². The Kier molecular flexibility index (Phi) is 1.65. The maximum absolute atomic E-state index is 13.0. The van der Waals surface area contributed by atoms with E-state index < -0.39 is 0 Å². The van der Waals surface area contributed by atoms with E-state index in [2.05, 4.69) is 26.4 Å². The number of rotatable bonds is 0. The molecule has 4 heteroatoms. The Labute approximate surface area is 75.0 Å². The normalized spacial score (nSPS) is 10.7. The van der Waals surface area contributed by atoms with E-state index in [9.17, 15) is 4.39 Å². The first-order chi connectivity index (χ1) is 5.27. The van der Waals surface area contributed by atoms with Crippen molar-refractivity contribution < 1.29 is 4.39 Å². The Bertz CT molecular complexity index is 398. The molecule has 55 valence electrons. The van der Waals surface area contributed by atoms with Gasteiger partial charge >= 0.3 is 0 Å². The fourth-order valence-corrected chi connectivity index (χ4v) is 2.09. The lowest BCUT2D eigenvalue weighted by atomic mass is 10.3. The van der Waals surface area contributed by atoms with Crippen molar-refractivity contribution in [1.29, 1.82) is 0 Å². The average Bonchev–Trinajstić information content (AvgIpc) is 2.34. The van der Waals surface area contributed by atoms with Crippen molar-refractivity contribution in [3.05, 3.63) is 27.9 Å². The summed E-state index contributed by atoms with van der Waals surface area (Å²) < 4.78 is 14.5. The molecule has 0 saturated carbocycles. The number of fused-ring (bicyclic) bond motifs is 1. The number of hydrogen-bond donors (Lipinski definition) is 0. The van der Waals surface area contributed by atoms with Crippen molar-refractivity contribution in [2.75, 3.05) is 0 Å². The summed E-state index contributed by atoms with van der Waals surface area (Å²) >= 11 is 4.50. The van der Waals surface area contributed by atoms with Gasteiger partial charge in [0.1, 0.15) is 5.52 Å². The number of aromatic nitrogens is 1. The molecule has 0 fully saturated rings. The average molecular weight is 231 g/mol. The molecule has 2 rings (SSSR count). The van der Waals surface area contributed by atoms with E-state index in [-0.39, 0.29) is 5.82 Å². The first-order valence-electron chi connectivity index (χ1n) is 2.89. The van der Waals surface area contributed by atoms with Gasteiger partial charge in [0.2, 0.25) is 0 Å².